The molecule has 0 fully saturated rings. The van der Waals surface area contributed by atoms with E-state index >= 15 is 0 Å². The van der Waals surface area contributed by atoms with Crippen LogP contribution in [0, 0.1) is 0 Å². The van der Waals surface area contributed by atoms with E-state index in [4.69, 9.17) is 9.47 Å². The molecule has 2 aromatic carbocycles. The molecule has 184 valence electrons. The Kier molecular flexibility index (Phi) is 9.19. The van der Waals surface area contributed by atoms with E-state index in [1.165, 1.54) is 0 Å². The molecular weight excluding hydrogens is 470 g/mol. The Morgan fingerprint density at radius 2 is 1.86 bits per heavy atom. The van der Waals surface area contributed by atoms with E-state index in [0.29, 0.717) is 24.5 Å². The fourth-order valence-electron chi connectivity index (χ4n) is 3.18. The molecule has 1 amide bonds. The van der Waals surface area contributed by atoms with Gasteiger partial charge in [-0.2, -0.15) is 4.98 Å². The molecule has 0 aliphatic carbocycles. The van der Waals surface area contributed by atoms with Gasteiger partial charge in [0.15, 0.2) is 22.5 Å². The Hall–Kier alpha value is -3.92. The first-order valence-corrected chi connectivity index (χ1v) is 11.8. The number of benzene rings is 2. The molecule has 1 aromatic heterocycles. The van der Waals surface area contributed by atoms with Gasteiger partial charge in [-0.1, -0.05) is 42.1 Å². The number of H-pyrrole nitrogens is 1. The molecule has 1 heterocycles. The number of amides is 1. The Balaban J connectivity index is 1.48. The first-order chi connectivity index (χ1) is 16.9. The SMILES string of the molecule is COc1ccc(CCNC(=O)CSc2nc(=O)c(C/C=C/c3ccc(O)cc3)c(O)[nH]2)cc1OC. The molecule has 3 rings (SSSR count). The second kappa shape index (κ2) is 12.5. The molecule has 4 N–H and O–H groups in total. The van der Waals surface area contributed by atoms with Gasteiger partial charge in [0.05, 0.1) is 25.5 Å². The molecule has 0 unspecified atom stereocenters. The van der Waals surface area contributed by atoms with E-state index in [9.17, 15) is 19.8 Å². The fourth-order valence-corrected chi connectivity index (χ4v) is 3.87. The van der Waals surface area contributed by atoms with Gasteiger partial charge >= 0.3 is 0 Å². The molecule has 0 saturated carbocycles. The summed E-state index contributed by atoms with van der Waals surface area (Å²) in [7, 11) is 3.14. The van der Waals surface area contributed by atoms with Crippen molar-refractivity contribution in [2.24, 2.45) is 0 Å². The van der Waals surface area contributed by atoms with Crippen molar-refractivity contribution in [2.75, 3.05) is 26.5 Å². The van der Waals surface area contributed by atoms with E-state index < -0.39 is 5.56 Å². The lowest BCUT2D eigenvalue weighted by molar-refractivity contribution is -0.118. The maximum absolute atomic E-state index is 12.3. The summed E-state index contributed by atoms with van der Waals surface area (Å²) < 4.78 is 10.5. The Morgan fingerprint density at radius 1 is 1.11 bits per heavy atom. The summed E-state index contributed by atoms with van der Waals surface area (Å²) in [5.74, 6) is 0.964. The van der Waals surface area contributed by atoms with Gasteiger partial charge in [0.25, 0.3) is 5.56 Å². The van der Waals surface area contributed by atoms with Crippen LogP contribution in [-0.4, -0.2) is 52.6 Å². The number of rotatable bonds is 11. The molecule has 9 nitrogen and oxygen atoms in total. The number of carbonyl (C=O) groups is 1. The van der Waals surface area contributed by atoms with Crippen LogP contribution < -0.4 is 20.3 Å². The molecule has 0 saturated heterocycles. The number of hydrogen-bond acceptors (Lipinski definition) is 8. The number of methoxy groups -OCH3 is 2. The Morgan fingerprint density at radius 3 is 2.54 bits per heavy atom. The minimum atomic E-state index is -0.562. The summed E-state index contributed by atoms with van der Waals surface area (Å²) in [6.07, 6.45) is 4.28. The summed E-state index contributed by atoms with van der Waals surface area (Å²) in [6.45, 7) is 0.427. The molecule has 3 aromatic rings. The minimum Gasteiger partial charge on any atom is -0.508 e. The fraction of sp³-hybridized carbons (Fsp3) is 0.240. The summed E-state index contributed by atoms with van der Waals surface area (Å²) in [4.78, 5) is 31.1. The third-order valence-electron chi connectivity index (χ3n) is 5.02. The molecule has 0 aliphatic heterocycles. The van der Waals surface area contributed by atoms with Gasteiger partial charge < -0.3 is 30.0 Å². The van der Waals surface area contributed by atoms with Crippen LogP contribution in [0.4, 0.5) is 0 Å². The molecule has 35 heavy (non-hydrogen) atoms. The topological polar surface area (TPSA) is 134 Å². The zero-order chi connectivity index (χ0) is 25.2. The van der Waals surface area contributed by atoms with Crippen molar-refractivity contribution in [1.29, 1.82) is 0 Å². The van der Waals surface area contributed by atoms with Crippen LogP contribution in [0.15, 0.2) is 58.5 Å². The summed E-state index contributed by atoms with van der Waals surface area (Å²) in [6, 6.07) is 12.2. The zero-order valence-electron chi connectivity index (χ0n) is 19.4. The molecular formula is C25H27N3O6S. The van der Waals surface area contributed by atoms with Crippen molar-refractivity contribution < 1.29 is 24.5 Å². The lowest BCUT2D eigenvalue weighted by Gasteiger charge is -2.10. The van der Waals surface area contributed by atoms with Crippen LogP contribution in [0.1, 0.15) is 16.7 Å². The van der Waals surface area contributed by atoms with Crippen LogP contribution in [0.2, 0.25) is 0 Å². The predicted molar refractivity (Wildman–Crippen MR) is 134 cm³/mol. The number of phenolic OH excluding ortho intramolecular Hbond substituents is 1. The van der Waals surface area contributed by atoms with Crippen molar-refractivity contribution in [3.63, 3.8) is 0 Å². The summed E-state index contributed by atoms with van der Waals surface area (Å²) in [5, 5.41) is 22.5. The van der Waals surface area contributed by atoms with E-state index in [1.54, 1.807) is 50.6 Å². The number of phenols is 1. The molecule has 0 bridgehead atoms. The highest BCUT2D eigenvalue weighted by molar-refractivity contribution is 7.99. The number of carbonyl (C=O) groups excluding carboxylic acids is 1. The zero-order valence-corrected chi connectivity index (χ0v) is 20.2. The third kappa shape index (κ3) is 7.54. The number of hydrogen-bond donors (Lipinski definition) is 4. The van der Waals surface area contributed by atoms with Crippen LogP contribution in [-0.2, 0) is 17.6 Å². The van der Waals surface area contributed by atoms with Crippen molar-refractivity contribution in [3.8, 4) is 23.1 Å². The first kappa shape index (κ1) is 25.7. The van der Waals surface area contributed by atoms with E-state index in [1.807, 2.05) is 18.2 Å². The molecule has 10 heteroatoms. The highest BCUT2D eigenvalue weighted by Crippen LogP contribution is 2.27. The second-order valence-electron chi connectivity index (χ2n) is 7.45. The van der Waals surface area contributed by atoms with Gasteiger partial charge in [-0.25, -0.2) is 0 Å². The second-order valence-corrected chi connectivity index (χ2v) is 8.41. The van der Waals surface area contributed by atoms with Crippen LogP contribution in [0.3, 0.4) is 0 Å². The largest absolute Gasteiger partial charge is 0.508 e. The molecule has 0 spiro atoms. The standard InChI is InChI=1S/C25H27N3O6S/c1-33-20-11-8-17(14-21(20)34-2)12-13-26-22(30)15-35-25-27-23(31)19(24(32)28-25)5-3-4-16-6-9-18(29)10-7-16/h3-4,6-11,14,29H,5,12-13,15H2,1-2H3,(H,26,30)(H2,27,28,31,32)/b4-3+. The number of nitrogens with one attached hydrogen (secondary N) is 2. The number of thioether (sulfide) groups is 1. The number of aromatic amines is 1. The minimum absolute atomic E-state index is 0.0361. The van der Waals surface area contributed by atoms with Gasteiger partial charge in [0, 0.05) is 13.0 Å². The van der Waals surface area contributed by atoms with E-state index in [-0.39, 0.29) is 40.4 Å². The summed E-state index contributed by atoms with van der Waals surface area (Å²) in [5.41, 5.74) is 1.40. The lowest BCUT2D eigenvalue weighted by Crippen LogP contribution is -2.27. The number of ether oxygens (including phenoxy) is 2. The quantitative estimate of drug-likeness (QED) is 0.235. The normalized spacial score (nSPS) is 10.9. The van der Waals surface area contributed by atoms with Gasteiger partial charge in [0.2, 0.25) is 5.91 Å². The van der Waals surface area contributed by atoms with Crippen molar-refractivity contribution in [2.45, 2.75) is 18.0 Å². The average molecular weight is 498 g/mol. The van der Waals surface area contributed by atoms with Crippen LogP contribution in [0.25, 0.3) is 6.08 Å². The number of aromatic hydroxyl groups is 2. The molecule has 0 radical (unpaired) electrons. The van der Waals surface area contributed by atoms with Crippen molar-refractivity contribution >= 4 is 23.7 Å². The van der Waals surface area contributed by atoms with Gasteiger partial charge in [-0.3, -0.25) is 9.59 Å². The van der Waals surface area contributed by atoms with Crippen LogP contribution in [0.5, 0.6) is 23.1 Å². The maximum Gasteiger partial charge on any atom is 0.281 e. The van der Waals surface area contributed by atoms with Gasteiger partial charge in [0.1, 0.15) is 5.75 Å². The third-order valence-corrected chi connectivity index (χ3v) is 5.89. The molecule has 0 aliphatic rings. The van der Waals surface area contributed by atoms with Crippen molar-refractivity contribution in [3.05, 3.63) is 75.6 Å². The van der Waals surface area contributed by atoms with Crippen LogP contribution >= 0.6 is 11.8 Å². The highest BCUT2D eigenvalue weighted by Gasteiger charge is 2.12. The van der Waals surface area contributed by atoms with E-state index in [2.05, 4.69) is 15.3 Å². The Bertz CT molecular complexity index is 1240. The monoisotopic (exact) mass is 497 g/mol. The smallest absolute Gasteiger partial charge is 0.281 e. The Labute approximate surface area is 206 Å². The number of aromatic nitrogens is 2. The first-order valence-electron chi connectivity index (χ1n) is 10.8. The predicted octanol–water partition coefficient (Wildman–Crippen LogP) is 2.91. The number of allylic oxidation sites excluding steroid dienone is 1. The van der Waals surface area contributed by atoms with Gasteiger partial charge in [-0.15, -0.1) is 0 Å². The highest BCUT2D eigenvalue weighted by atomic mass is 32.2. The lowest BCUT2D eigenvalue weighted by atomic mass is 10.1. The molecule has 0 atom stereocenters. The maximum atomic E-state index is 12.3. The van der Waals surface area contributed by atoms with Gasteiger partial charge in [-0.05, 0) is 41.8 Å². The summed E-state index contributed by atoms with van der Waals surface area (Å²) >= 11 is 1.03. The number of nitrogens with zero attached hydrogens (tertiary/aromatic N) is 1. The van der Waals surface area contributed by atoms with Crippen molar-refractivity contribution in [1.82, 2.24) is 15.3 Å². The average Bonchev–Trinajstić information content (AvgIpc) is 2.85. The van der Waals surface area contributed by atoms with E-state index in [0.717, 1.165) is 22.9 Å².